The molecule has 0 aromatic carbocycles. The highest BCUT2D eigenvalue weighted by atomic mass is 16.2. The minimum Gasteiger partial charge on any atom is -0.382 e. The number of carbonyl (C=O) groups is 2. The summed E-state index contributed by atoms with van der Waals surface area (Å²) in [6.07, 6.45) is 2.04. The first-order chi connectivity index (χ1) is 8.65. The predicted octanol–water partition coefficient (Wildman–Crippen LogP) is 0.363. The Kier molecular flexibility index (Phi) is 2.19. The van der Waals surface area contributed by atoms with E-state index in [1.54, 1.807) is 28.9 Å². The summed E-state index contributed by atoms with van der Waals surface area (Å²) in [7, 11) is 0. The molecule has 0 aliphatic carbocycles. The minimum atomic E-state index is -0.417. The lowest BCUT2D eigenvalue weighted by molar-refractivity contribution is -0.120. The van der Waals surface area contributed by atoms with Gasteiger partial charge in [0.1, 0.15) is 5.82 Å². The molecule has 2 aromatic rings. The van der Waals surface area contributed by atoms with E-state index in [1.165, 1.54) is 4.90 Å². The van der Waals surface area contributed by atoms with Gasteiger partial charge in [-0.2, -0.15) is 5.10 Å². The summed E-state index contributed by atoms with van der Waals surface area (Å²) in [5, 5.41) is 6.36. The fraction of sp³-hybridized carbons (Fsp3) is 0.182. The molecule has 3 amide bonds. The monoisotopic (exact) mass is 245 g/mol. The van der Waals surface area contributed by atoms with E-state index in [-0.39, 0.29) is 12.3 Å². The number of hydrogen-bond acceptors (Lipinski definition) is 4. The number of urea groups is 1. The number of imide groups is 1. The average Bonchev–Trinajstić information content (AvgIpc) is 2.69. The SMILES string of the molecule is Nc1cc2c(N3CCC(=O)NC3=O)cccn2n1. The van der Waals surface area contributed by atoms with Crippen LogP contribution in [-0.2, 0) is 4.79 Å². The van der Waals surface area contributed by atoms with Crippen molar-refractivity contribution in [2.45, 2.75) is 6.42 Å². The van der Waals surface area contributed by atoms with E-state index in [2.05, 4.69) is 10.4 Å². The Morgan fingerprint density at radius 2 is 2.22 bits per heavy atom. The summed E-state index contributed by atoms with van der Waals surface area (Å²) in [6, 6.07) is 4.85. The lowest BCUT2D eigenvalue weighted by Gasteiger charge is -2.26. The number of amides is 3. The average molecular weight is 245 g/mol. The lowest BCUT2D eigenvalue weighted by atomic mass is 10.2. The molecule has 1 fully saturated rings. The van der Waals surface area contributed by atoms with Gasteiger partial charge in [0.15, 0.2) is 0 Å². The number of nitrogens with zero attached hydrogens (tertiary/aromatic N) is 3. The maximum absolute atomic E-state index is 11.8. The first kappa shape index (κ1) is 10.6. The Morgan fingerprint density at radius 1 is 1.39 bits per heavy atom. The molecule has 0 atom stereocenters. The molecule has 18 heavy (non-hydrogen) atoms. The van der Waals surface area contributed by atoms with Crippen molar-refractivity contribution in [1.82, 2.24) is 14.9 Å². The van der Waals surface area contributed by atoms with E-state index in [1.807, 2.05) is 0 Å². The van der Waals surface area contributed by atoms with Crippen LogP contribution in [0.4, 0.5) is 16.3 Å². The highest BCUT2D eigenvalue weighted by Crippen LogP contribution is 2.24. The van der Waals surface area contributed by atoms with Gasteiger partial charge in [0, 0.05) is 25.2 Å². The first-order valence-electron chi connectivity index (χ1n) is 5.50. The van der Waals surface area contributed by atoms with E-state index in [0.717, 1.165) is 5.52 Å². The molecule has 1 aliphatic heterocycles. The van der Waals surface area contributed by atoms with Crippen molar-refractivity contribution >= 4 is 29.0 Å². The first-order valence-corrected chi connectivity index (χ1v) is 5.50. The molecule has 3 rings (SSSR count). The van der Waals surface area contributed by atoms with E-state index in [4.69, 9.17) is 5.73 Å². The van der Waals surface area contributed by atoms with Crippen LogP contribution in [0, 0.1) is 0 Å². The molecule has 1 aliphatic rings. The van der Waals surface area contributed by atoms with Crippen LogP contribution in [0.15, 0.2) is 24.4 Å². The van der Waals surface area contributed by atoms with Gasteiger partial charge in [-0.25, -0.2) is 9.31 Å². The molecule has 7 heteroatoms. The van der Waals surface area contributed by atoms with Gasteiger partial charge in [-0.15, -0.1) is 0 Å². The lowest BCUT2D eigenvalue weighted by Crippen LogP contribution is -2.49. The van der Waals surface area contributed by atoms with Gasteiger partial charge >= 0.3 is 6.03 Å². The van der Waals surface area contributed by atoms with Crippen LogP contribution in [0.2, 0.25) is 0 Å². The molecule has 3 heterocycles. The van der Waals surface area contributed by atoms with Crippen molar-refractivity contribution in [2.75, 3.05) is 17.2 Å². The Balaban J connectivity index is 2.08. The number of aromatic nitrogens is 2. The summed E-state index contributed by atoms with van der Waals surface area (Å²) in [4.78, 5) is 24.4. The highest BCUT2D eigenvalue weighted by molar-refractivity contribution is 6.07. The van der Waals surface area contributed by atoms with Gasteiger partial charge in [-0.05, 0) is 12.1 Å². The van der Waals surface area contributed by atoms with Crippen molar-refractivity contribution < 1.29 is 9.59 Å². The molecule has 0 spiro atoms. The second kappa shape index (κ2) is 3.73. The fourth-order valence-corrected chi connectivity index (χ4v) is 2.04. The maximum Gasteiger partial charge on any atom is 0.328 e. The number of nitrogen functional groups attached to an aromatic ring is 1. The van der Waals surface area contributed by atoms with Gasteiger partial charge in [0.25, 0.3) is 0 Å². The zero-order chi connectivity index (χ0) is 12.7. The minimum absolute atomic E-state index is 0.253. The second-order valence-electron chi connectivity index (χ2n) is 4.05. The number of nitrogens with one attached hydrogen (secondary N) is 1. The van der Waals surface area contributed by atoms with Crippen molar-refractivity contribution in [3.63, 3.8) is 0 Å². The summed E-state index contributed by atoms with van der Waals surface area (Å²) in [5.74, 6) is 0.132. The van der Waals surface area contributed by atoms with Crippen molar-refractivity contribution in [1.29, 1.82) is 0 Å². The Hall–Kier alpha value is -2.57. The van der Waals surface area contributed by atoms with Crippen LogP contribution in [-0.4, -0.2) is 28.1 Å². The molecule has 0 saturated carbocycles. The topological polar surface area (TPSA) is 92.7 Å². The molecule has 1 saturated heterocycles. The van der Waals surface area contributed by atoms with Crippen LogP contribution in [0.1, 0.15) is 6.42 Å². The van der Waals surface area contributed by atoms with Gasteiger partial charge in [0.2, 0.25) is 5.91 Å². The summed E-state index contributed by atoms with van der Waals surface area (Å²) in [5.41, 5.74) is 7.06. The van der Waals surface area contributed by atoms with Crippen molar-refractivity contribution in [2.24, 2.45) is 0 Å². The number of carbonyl (C=O) groups excluding carboxylic acids is 2. The smallest absolute Gasteiger partial charge is 0.328 e. The normalized spacial score (nSPS) is 16.1. The molecular weight excluding hydrogens is 234 g/mol. The van der Waals surface area contributed by atoms with Gasteiger partial charge in [-0.3, -0.25) is 15.0 Å². The zero-order valence-electron chi connectivity index (χ0n) is 9.46. The van der Waals surface area contributed by atoms with Crippen LogP contribution in [0.5, 0.6) is 0 Å². The van der Waals surface area contributed by atoms with Crippen LogP contribution in [0.3, 0.4) is 0 Å². The largest absolute Gasteiger partial charge is 0.382 e. The number of hydrogen-bond donors (Lipinski definition) is 2. The summed E-state index contributed by atoms with van der Waals surface area (Å²) < 4.78 is 1.61. The van der Waals surface area contributed by atoms with E-state index < -0.39 is 6.03 Å². The molecular formula is C11H11N5O2. The van der Waals surface area contributed by atoms with E-state index in [9.17, 15) is 9.59 Å². The van der Waals surface area contributed by atoms with Gasteiger partial charge in [-0.1, -0.05) is 0 Å². The van der Waals surface area contributed by atoms with E-state index in [0.29, 0.717) is 18.1 Å². The third-order valence-corrected chi connectivity index (χ3v) is 2.84. The number of pyridine rings is 1. The second-order valence-corrected chi connectivity index (χ2v) is 4.05. The van der Waals surface area contributed by atoms with Crippen molar-refractivity contribution in [3.05, 3.63) is 24.4 Å². The van der Waals surface area contributed by atoms with Crippen LogP contribution >= 0.6 is 0 Å². The molecule has 0 bridgehead atoms. The molecule has 92 valence electrons. The third-order valence-electron chi connectivity index (χ3n) is 2.84. The molecule has 2 aromatic heterocycles. The fourth-order valence-electron chi connectivity index (χ4n) is 2.04. The number of nitrogens with two attached hydrogens (primary N) is 1. The molecule has 7 nitrogen and oxygen atoms in total. The quantitative estimate of drug-likeness (QED) is 0.758. The Labute approximate surface area is 102 Å². The van der Waals surface area contributed by atoms with Crippen molar-refractivity contribution in [3.8, 4) is 0 Å². The highest BCUT2D eigenvalue weighted by Gasteiger charge is 2.25. The van der Waals surface area contributed by atoms with Gasteiger partial charge in [0.05, 0.1) is 11.2 Å². The zero-order valence-corrected chi connectivity index (χ0v) is 9.46. The molecule has 3 N–H and O–H groups in total. The third kappa shape index (κ3) is 1.56. The molecule has 0 unspecified atom stereocenters. The van der Waals surface area contributed by atoms with Crippen LogP contribution in [0.25, 0.3) is 5.52 Å². The number of anilines is 2. The summed E-state index contributed by atoms with van der Waals surface area (Å²) in [6.45, 7) is 0.357. The number of fused-ring (bicyclic) bond motifs is 1. The van der Waals surface area contributed by atoms with Gasteiger partial charge < -0.3 is 5.73 Å². The Morgan fingerprint density at radius 3 is 3.00 bits per heavy atom. The Bertz CT molecular complexity index is 648. The van der Waals surface area contributed by atoms with Crippen LogP contribution < -0.4 is 16.0 Å². The van der Waals surface area contributed by atoms with E-state index >= 15 is 0 Å². The summed E-state index contributed by atoms with van der Waals surface area (Å²) >= 11 is 0. The maximum atomic E-state index is 11.8. The number of rotatable bonds is 1. The predicted molar refractivity (Wildman–Crippen MR) is 65.1 cm³/mol. The standard InChI is InChI=1S/C11H11N5O2/c12-9-6-8-7(2-1-4-16(8)14-9)15-5-3-10(17)13-11(15)18/h1-2,4,6H,3,5H2,(H2,12,14)(H,13,17,18). The molecule has 0 radical (unpaired) electrons.